The Morgan fingerprint density at radius 1 is 1.16 bits per heavy atom. The average molecular weight is 451 g/mol. The Morgan fingerprint density at radius 2 is 1.91 bits per heavy atom. The maximum atomic E-state index is 14.3. The predicted octanol–water partition coefficient (Wildman–Crippen LogP) is 3.66. The highest BCUT2D eigenvalue weighted by atomic mass is 19.1. The number of aromatic nitrogens is 4. The minimum Gasteiger partial charge on any atom is -0.393 e. The second-order valence-corrected chi connectivity index (χ2v) is 7.69. The van der Waals surface area contributed by atoms with Crippen LogP contribution in [-0.2, 0) is 4.74 Å². The number of nitrogens with one attached hydrogen (secondary N) is 2. The molecule has 5 rings (SSSR count). The van der Waals surface area contributed by atoms with E-state index < -0.39 is 48.1 Å². The topological polar surface area (TPSA) is 97.1 Å². The average Bonchev–Trinajstić information content (AvgIpc) is 3.41. The van der Waals surface area contributed by atoms with Gasteiger partial charge in [-0.3, -0.25) is 4.57 Å². The fourth-order valence-corrected chi connectivity index (χ4v) is 3.85. The van der Waals surface area contributed by atoms with Crippen molar-refractivity contribution in [1.82, 2.24) is 19.5 Å². The minimum absolute atomic E-state index is 0.0312. The third-order valence-electron chi connectivity index (χ3n) is 5.45. The number of aliphatic hydroxyl groups is 1. The Hall–Kier alpha value is -2.92. The number of nitrogens with zero attached hydrogens (tertiary/aromatic N) is 4. The minimum atomic E-state index is -1.44. The summed E-state index contributed by atoms with van der Waals surface area (Å²) in [6, 6.07) is -0.573. The van der Waals surface area contributed by atoms with Gasteiger partial charge in [0.2, 0.25) is 11.9 Å². The second kappa shape index (κ2) is 8.55. The quantitative estimate of drug-likeness (QED) is 0.545. The molecular weight excluding hydrogens is 425 g/mol. The Balaban J connectivity index is 1.52. The van der Waals surface area contributed by atoms with Gasteiger partial charge in [-0.1, -0.05) is 0 Å². The zero-order valence-corrected chi connectivity index (χ0v) is 16.9. The van der Waals surface area contributed by atoms with Crippen molar-refractivity contribution >= 4 is 28.7 Å². The summed E-state index contributed by atoms with van der Waals surface area (Å²) >= 11 is 0. The molecule has 0 amide bonds. The van der Waals surface area contributed by atoms with Crippen LogP contribution in [0.5, 0.6) is 0 Å². The highest BCUT2D eigenvalue weighted by molar-refractivity contribution is 5.76. The lowest BCUT2D eigenvalue weighted by molar-refractivity contribution is 0.126. The van der Waals surface area contributed by atoms with Gasteiger partial charge in [-0.05, 0) is 32.1 Å². The number of hydrogen-bond donors (Lipinski definition) is 3. The number of fused-ring (bicyclic) bond motifs is 1. The number of ether oxygens (including phenoxy) is 1. The van der Waals surface area contributed by atoms with Crippen LogP contribution in [0.15, 0.2) is 18.3 Å². The molecule has 3 aromatic rings. The lowest BCUT2D eigenvalue weighted by atomic mass is 9.93. The standard InChI is InChI=1S/C21H23F3N6O2/c22-11-7-15(23)18(16(24)8-11)28-21-27-17-9-25-20(26-12-1-3-14(31)4-2-12)29-19(17)30(21)13-5-6-32-10-13/h7-9,12-14,31H,1-6,10H2,(H,27,28)(H,25,26,29)/i3D,4D,12D. The van der Waals surface area contributed by atoms with E-state index in [2.05, 4.69) is 25.6 Å². The molecule has 0 radical (unpaired) electrons. The number of halogens is 3. The first-order valence-corrected chi connectivity index (χ1v) is 10.2. The second-order valence-electron chi connectivity index (χ2n) is 7.69. The van der Waals surface area contributed by atoms with Crippen LogP contribution >= 0.6 is 0 Å². The van der Waals surface area contributed by atoms with Crippen LogP contribution in [0, 0.1) is 17.5 Å². The van der Waals surface area contributed by atoms with Crippen molar-refractivity contribution in [3.8, 4) is 0 Å². The van der Waals surface area contributed by atoms with E-state index in [9.17, 15) is 18.3 Å². The highest BCUT2D eigenvalue weighted by Crippen LogP contribution is 2.32. The first-order chi connectivity index (χ1) is 16.6. The molecule has 2 fully saturated rings. The van der Waals surface area contributed by atoms with Gasteiger partial charge < -0.3 is 20.5 Å². The summed E-state index contributed by atoms with van der Waals surface area (Å²) in [5.74, 6) is -3.18. The van der Waals surface area contributed by atoms with E-state index in [4.69, 9.17) is 8.85 Å². The van der Waals surface area contributed by atoms with Crippen LogP contribution in [0.4, 0.5) is 30.8 Å². The predicted molar refractivity (Wildman–Crippen MR) is 111 cm³/mol. The summed E-state index contributed by atoms with van der Waals surface area (Å²) in [5, 5.41) is 15.4. The summed E-state index contributed by atoms with van der Waals surface area (Å²) in [6.07, 6.45) is -1.23. The molecule has 0 spiro atoms. The van der Waals surface area contributed by atoms with E-state index in [1.807, 2.05) is 0 Å². The van der Waals surface area contributed by atoms with E-state index in [0.29, 0.717) is 42.9 Å². The Bertz CT molecular complexity index is 1220. The number of imidazole rings is 1. The molecule has 11 heteroatoms. The lowest BCUT2D eigenvalue weighted by Gasteiger charge is -2.26. The van der Waals surface area contributed by atoms with Gasteiger partial charge in [-0.15, -0.1) is 0 Å². The van der Waals surface area contributed by atoms with Gasteiger partial charge in [0.15, 0.2) is 17.3 Å². The fourth-order valence-electron chi connectivity index (χ4n) is 3.85. The first kappa shape index (κ1) is 17.6. The van der Waals surface area contributed by atoms with Crippen LogP contribution in [0.3, 0.4) is 0 Å². The van der Waals surface area contributed by atoms with E-state index >= 15 is 0 Å². The largest absolute Gasteiger partial charge is 0.393 e. The zero-order valence-electron chi connectivity index (χ0n) is 19.9. The SMILES string of the molecule is [2H]C1CC([2H])(Nc2ncc3nc(Nc4c(F)cc(F)cc4F)n(C4CCOC4)c3n2)CC([2H])C1O. The van der Waals surface area contributed by atoms with Crippen molar-refractivity contribution in [2.24, 2.45) is 0 Å². The van der Waals surface area contributed by atoms with Crippen LogP contribution in [0.2, 0.25) is 0 Å². The van der Waals surface area contributed by atoms with Crippen LogP contribution in [0.25, 0.3) is 11.2 Å². The number of aliphatic hydroxyl groups excluding tert-OH is 1. The molecule has 1 saturated heterocycles. The Morgan fingerprint density at radius 3 is 2.59 bits per heavy atom. The van der Waals surface area contributed by atoms with Crippen molar-refractivity contribution in [3.05, 3.63) is 35.8 Å². The highest BCUT2D eigenvalue weighted by Gasteiger charge is 2.27. The monoisotopic (exact) mass is 451 g/mol. The maximum Gasteiger partial charge on any atom is 0.224 e. The molecule has 3 unspecified atom stereocenters. The number of benzene rings is 1. The molecule has 3 atom stereocenters. The van der Waals surface area contributed by atoms with Crippen molar-refractivity contribution in [2.45, 2.75) is 50.2 Å². The Labute approximate surface area is 186 Å². The molecule has 32 heavy (non-hydrogen) atoms. The summed E-state index contributed by atoms with van der Waals surface area (Å²) in [5.41, 5.74) is 0.0532. The normalized spacial score (nSPS) is 31.8. The Kier molecular flexibility index (Phi) is 4.71. The molecule has 2 aliphatic rings. The van der Waals surface area contributed by atoms with Crippen molar-refractivity contribution in [1.29, 1.82) is 0 Å². The summed E-state index contributed by atoms with van der Waals surface area (Å²) in [6.45, 7) is 0.774. The van der Waals surface area contributed by atoms with Crippen LogP contribution in [0.1, 0.15) is 42.2 Å². The molecule has 1 aliphatic heterocycles. The van der Waals surface area contributed by atoms with Crippen molar-refractivity contribution in [2.75, 3.05) is 23.8 Å². The van der Waals surface area contributed by atoms with Crippen molar-refractivity contribution < 1.29 is 27.1 Å². The molecule has 2 aromatic heterocycles. The molecule has 1 saturated carbocycles. The van der Waals surface area contributed by atoms with Gasteiger partial charge in [0, 0.05) is 27.5 Å². The fraction of sp³-hybridized carbons (Fsp3) is 0.476. The van der Waals surface area contributed by atoms with E-state index in [-0.39, 0.29) is 30.8 Å². The number of anilines is 3. The lowest BCUT2D eigenvalue weighted by Crippen LogP contribution is -2.29. The van der Waals surface area contributed by atoms with Gasteiger partial charge >= 0.3 is 0 Å². The molecule has 3 heterocycles. The molecule has 8 nitrogen and oxygen atoms in total. The number of hydrogen-bond acceptors (Lipinski definition) is 7. The van der Waals surface area contributed by atoms with Crippen molar-refractivity contribution in [3.63, 3.8) is 0 Å². The summed E-state index contributed by atoms with van der Waals surface area (Å²) in [4.78, 5) is 13.0. The number of rotatable bonds is 5. The van der Waals surface area contributed by atoms with Gasteiger partial charge in [0.1, 0.15) is 17.0 Å². The molecule has 1 aliphatic carbocycles. The summed E-state index contributed by atoms with van der Waals surface area (Å²) in [7, 11) is 0. The molecule has 170 valence electrons. The van der Waals surface area contributed by atoms with E-state index in [0.717, 1.165) is 0 Å². The first-order valence-electron chi connectivity index (χ1n) is 11.8. The smallest absolute Gasteiger partial charge is 0.224 e. The molecule has 3 N–H and O–H groups in total. The molecular formula is C21H23F3N6O2. The zero-order chi connectivity index (χ0) is 24.9. The maximum absolute atomic E-state index is 14.3. The third kappa shape index (κ3) is 4.09. The van der Waals surface area contributed by atoms with E-state index in [1.165, 1.54) is 6.20 Å². The van der Waals surface area contributed by atoms with Crippen LogP contribution < -0.4 is 10.6 Å². The van der Waals surface area contributed by atoms with Gasteiger partial charge in [-0.2, -0.15) is 4.98 Å². The van der Waals surface area contributed by atoms with Gasteiger partial charge in [0.25, 0.3) is 0 Å². The van der Waals surface area contributed by atoms with E-state index in [1.54, 1.807) is 4.57 Å². The molecule has 0 bridgehead atoms. The van der Waals surface area contributed by atoms with Crippen LogP contribution in [-0.4, -0.2) is 50.0 Å². The van der Waals surface area contributed by atoms with Gasteiger partial charge in [0.05, 0.1) is 26.3 Å². The summed E-state index contributed by atoms with van der Waals surface area (Å²) < 4.78 is 73.7. The molecule has 1 aromatic carbocycles. The van der Waals surface area contributed by atoms with Gasteiger partial charge in [-0.25, -0.2) is 23.1 Å². The third-order valence-corrected chi connectivity index (χ3v) is 5.45.